The number of rotatable bonds is 1. The fourth-order valence-electron chi connectivity index (χ4n) is 1.68. The molecule has 0 atom stereocenters. The van der Waals surface area contributed by atoms with Crippen LogP contribution in [0.2, 0.25) is 0 Å². The molecule has 0 aliphatic heterocycles. The molecular weight excluding hydrogens is 234 g/mol. The second kappa shape index (κ2) is 3.78. The molecular formula is C12H9N3OS. The van der Waals surface area contributed by atoms with Crippen LogP contribution in [0.1, 0.15) is 5.56 Å². The van der Waals surface area contributed by atoms with E-state index in [0.29, 0.717) is 5.65 Å². The molecule has 4 nitrogen and oxygen atoms in total. The summed E-state index contributed by atoms with van der Waals surface area (Å²) in [4.78, 5) is 13.6. The molecule has 5 heteroatoms. The predicted octanol–water partition coefficient (Wildman–Crippen LogP) is 2.77. The number of aryl methyl sites for hydroxylation is 1. The molecule has 0 aliphatic carbocycles. The summed E-state index contributed by atoms with van der Waals surface area (Å²) in [6, 6.07) is 5.25. The number of benzene rings is 1. The average molecular weight is 243 g/mol. The van der Waals surface area contributed by atoms with Crippen LogP contribution in [0, 0.1) is 6.92 Å². The van der Waals surface area contributed by atoms with E-state index in [9.17, 15) is 5.11 Å². The van der Waals surface area contributed by atoms with Gasteiger partial charge in [-0.25, -0.2) is 15.0 Å². The normalized spacial score (nSPS) is 10.9. The number of phenols is 1. The first-order chi connectivity index (χ1) is 8.24. The van der Waals surface area contributed by atoms with Gasteiger partial charge in [-0.3, -0.25) is 0 Å². The predicted molar refractivity (Wildman–Crippen MR) is 67.0 cm³/mol. The Morgan fingerprint density at radius 1 is 1.18 bits per heavy atom. The smallest absolute Gasteiger partial charge is 0.190 e. The molecule has 1 N–H and O–H groups in total. The first kappa shape index (κ1) is 10.2. The molecule has 84 valence electrons. The van der Waals surface area contributed by atoms with Crippen molar-refractivity contribution in [2.45, 2.75) is 6.92 Å². The largest absolute Gasteiger partial charge is 0.508 e. The lowest BCUT2D eigenvalue weighted by Crippen LogP contribution is -1.82. The van der Waals surface area contributed by atoms with Crippen LogP contribution in [0.5, 0.6) is 5.75 Å². The highest BCUT2D eigenvalue weighted by molar-refractivity contribution is 7.21. The van der Waals surface area contributed by atoms with Crippen molar-refractivity contribution >= 4 is 21.8 Å². The molecule has 0 saturated carbocycles. The Morgan fingerprint density at radius 2 is 2.00 bits per heavy atom. The van der Waals surface area contributed by atoms with E-state index in [-0.39, 0.29) is 5.75 Å². The summed E-state index contributed by atoms with van der Waals surface area (Å²) >= 11 is 1.50. The van der Waals surface area contributed by atoms with Gasteiger partial charge in [-0.05, 0) is 30.7 Å². The highest BCUT2D eigenvalue weighted by atomic mass is 32.1. The molecule has 0 saturated heterocycles. The molecule has 0 spiro atoms. The third-order valence-electron chi connectivity index (χ3n) is 2.49. The zero-order chi connectivity index (χ0) is 11.8. The minimum atomic E-state index is 0.267. The van der Waals surface area contributed by atoms with E-state index < -0.39 is 0 Å². The fraction of sp³-hybridized carbons (Fsp3) is 0.0833. The molecule has 1 aromatic carbocycles. The van der Waals surface area contributed by atoms with Crippen LogP contribution in [0.3, 0.4) is 0 Å². The Hall–Kier alpha value is -2.01. The maximum absolute atomic E-state index is 9.38. The van der Waals surface area contributed by atoms with Crippen LogP contribution in [-0.4, -0.2) is 20.1 Å². The van der Waals surface area contributed by atoms with Crippen LogP contribution in [0.15, 0.2) is 30.6 Å². The van der Waals surface area contributed by atoms with Crippen LogP contribution < -0.4 is 0 Å². The second-order valence-electron chi connectivity index (χ2n) is 3.70. The number of aromatic nitrogens is 3. The molecule has 17 heavy (non-hydrogen) atoms. The molecule has 0 unspecified atom stereocenters. The standard InChI is InChI=1S/C12H9N3OS/c1-7-6-8(16)2-3-9(7)11-15-10-12(17-11)14-5-4-13-10/h2-6,16H,1H3. The van der Waals surface area contributed by atoms with E-state index in [1.807, 2.05) is 13.0 Å². The minimum Gasteiger partial charge on any atom is -0.508 e. The third kappa shape index (κ3) is 1.74. The highest BCUT2D eigenvalue weighted by Crippen LogP contribution is 2.31. The van der Waals surface area contributed by atoms with Crippen molar-refractivity contribution in [2.24, 2.45) is 0 Å². The first-order valence-corrected chi connectivity index (χ1v) is 5.93. The lowest BCUT2D eigenvalue weighted by atomic mass is 10.1. The summed E-state index contributed by atoms with van der Waals surface area (Å²) in [6.45, 7) is 1.95. The first-order valence-electron chi connectivity index (χ1n) is 5.11. The maximum Gasteiger partial charge on any atom is 0.190 e. The number of hydrogen-bond donors (Lipinski definition) is 1. The SMILES string of the molecule is Cc1cc(O)ccc1-c1nc2nccnc2s1. The Morgan fingerprint density at radius 3 is 2.76 bits per heavy atom. The van der Waals surface area contributed by atoms with Crippen molar-refractivity contribution in [3.05, 3.63) is 36.2 Å². The van der Waals surface area contributed by atoms with Gasteiger partial charge in [0.2, 0.25) is 0 Å². The lowest BCUT2D eigenvalue weighted by Gasteiger charge is -2.01. The van der Waals surface area contributed by atoms with Crippen molar-refractivity contribution in [1.29, 1.82) is 0 Å². The fourth-order valence-corrected chi connectivity index (χ4v) is 2.64. The maximum atomic E-state index is 9.38. The summed E-state index contributed by atoms with van der Waals surface area (Å²) in [5.41, 5.74) is 2.66. The zero-order valence-electron chi connectivity index (χ0n) is 9.08. The van der Waals surface area contributed by atoms with E-state index in [4.69, 9.17) is 0 Å². The van der Waals surface area contributed by atoms with E-state index in [2.05, 4.69) is 15.0 Å². The Bertz CT molecular complexity index is 660. The molecule has 0 radical (unpaired) electrons. The second-order valence-corrected chi connectivity index (χ2v) is 4.68. The number of phenolic OH excluding ortho intramolecular Hbond substituents is 1. The summed E-state index contributed by atoms with van der Waals surface area (Å²) in [5, 5.41) is 10.3. The highest BCUT2D eigenvalue weighted by Gasteiger charge is 2.10. The zero-order valence-corrected chi connectivity index (χ0v) is 9.90. The molecule has 3 rings (SSSR count). The number of aromatic hydroxyl groups is 1. The van der Waals surface area contributed by atoms with E-state index in [0.717, 1.165) is 21.0 Å². The topological polar surface area (TPSA) is 58.9 Å². The molecule has 2 aromatic heterocycles. The number of thiazole rings is 1. The molecule has 0 amide bonds. The van der Waals surface area contributed by atoms with Crippen LogP contribution in [0.4, 0.5) is 0 Å². The minimum absolute atomic E-state index is 0.267. The third-order valence-corrected chi connectivity index (χ3v) is 3.47. The van der Waals surface area contributed by atoms with Crippen LogP contribution in [0.25, 0.3) is 21.0 Å². The number of fused-ring (bicyclic) bond motifs is 1. The average Bonchev–Trinajstić information content (AvgIpc) is 2.72. The van der Waals surface area contributed by atoms with E-state index in [1.54, 1.807) is 24.5 Å². The summed E-state index contributed by atoms with van der Waals surface area (Å²) in [6.07, 6.45) is 3.30. The van der Waals surface area contributed by atoms with E-state index >= 15 is 0 Å². The van der Waals surface area contributed by atoms with Gasteiger partial charge < -0.3 is 5.11 Å². The van der Waals surface area contributed by atoms with Crippen molar-refractivity contribution in [1.82, 2.24) is 15.0 Å². The Kier molecular flexibility index (Phi) is 2.26. The molecule has 3 aromatic rings. The summed E-state index contributed by atoms with van der Waals surface area (Å²) < 4.78 is 0. The van der Waals surface area contributed by atoms with Gasteiger partial charge in [0.25, 0.3) is 0 Å². The van der Waals surface area contributed by atoms with Crippen molar-refractivity contribution < 1.29 is 5.11 Å². The van der Waals surface area contributed by atoms with Crippen molar-refractivity contribution in [3.8, 4) is 16.3 Å². The van der Waals surface area contributed by atoms with Gasteiger partial charge in [0, 0.05) is 18.0 Å². The summed E-state index contributed by atoms with van der Waals surface area (Å²) in [7, 11) is 0. The van der Waals surface area contributed by atoms with Crippen LogP contribution in [-0.2, 0) is 0 Å². The van der Waals surface area contributed by atoms with Crippen molar-refractivity contribution in [3.63, 3.8) is 0 Å². The molecule has 0 aliphatic rings. The number of nitrogens with zero attached hydrogens (tertiary/aromatic N) is 3. The molecule has 0 bridgehead atoms. The molecule has 0 fully saturated rings. The van der Waals surface area contributed by atoms with Gasteiger partial charge in [0.05, 0.1) is 0 Å². The van der Waals surface area contributed by atoms with E-state index in [1.165, 1.54) is 11.3 Å². The Balaban J connectivity index is 2.20. The van der Waals surface area contributed by atoms with Gasteiger partial charge in [0.15, 0.2) is 10.5 Å². The Labute approximate surface area is 102 Å². The van der Waals surface area contributed by atoms with Gasteiger partial charge >= 0.3 is 0 Å². The monoisotopic (exact) mass is 243 g/mol. The quantitative estimate of drug-likeness (QED) is 0.714. The van der Waals surface area contributed by atoms with Crippen molar-refractivity contribution in [2.75, 3.05) is 0 Å². The lowest BCUT2D eigenvalue weighted by molar-refractivity contribution is 0.475. The number of hydrogen-bond acceptors (Lipinski definition) is 5. The van der Waals surface area contributed by atoms with Gasteiger partial charge in [-0.1, -0.05) is 11.3 Å². The van der Waals surface area contributed by atoms with Crippen LogP contribution >= 0.6 is 11.3 Å². The van der Waals surface area contributed by atoms with Gasteiger partial charge in [0.1, 0.15) is 10.8 Å². The summed E-state index contributed by atoms with van der Waals surface area (Å²) in [5.74, 6) is 0.267. The van der Waals surface area contributed by atoms with Gasteiger partial charge in [-0.2, -0.15) is 0 Å². The van der Waals surface area contributed by atoms with Gasteiger partial charge in [-0.15, -0.1) is 0 Å². The molecule has 2 heterocycles.